The van der Waals surface area contributed by atoms with E-state index in [1.54, 1.807) is 18.3 Å². The molecule has 3 nitrogen and oxygen atoms in total. The van der Waals surface area contributed by atoms with Gasteiger partial charge in [-0.1, -0.05) is 59.6 Å². The summed E-state index contributed by atoms with van der Waals surface area (Å²) in [6.07, 6.45) is -0.951. The van der Waals surface area contributed by atoms with Crippen LogP contribution in [0.25, 0.3) is 10.9 Å². The summed E-state index contributed by atoms with van der Waals surface area (Å²) in [5.74, 6) is -0.437. The van der Waals surface area contributed by atoms with E-state index in [-0.39, 0.29) is 11.8 Å². The Morgan fingerprint density at radius 3 is 2.22 bits per heavy atom. The summed E-state index contributed by atoms with van der Waals surface area (Å²) in [5, 5.41) is 0.652. The Morgan fingerprint density at radius 1 is 0.944 bits per heavy atom. The number of rotatable bonds is 7. The maximum absolute atomic E-state index is 13.2. The first kappa shape index (κ1) is 25.9. The first-order valence-corrected chi connectivity index (χ1v) is 12.4. The fraction of sp³-hybridized carbons (Fsp3) is 0.241. The Labute approximate surface area is 216 Å². The molecular weight excluding hydrogens is 531 g/mol. The fourth-order valence-electron chi connectivity index (χ4n) is 4.63. The van der Waals surface area contributed by atoms with Gasteiger partial charge in [-0.05, 0) is 71.5 Å². The second-order valence-electron chi connectivity index (χ2n) is 8.71. The third-order valence-electron chi connectivity index (χ3n) is 6.38. The molecule has 0 saturated heterocycles. The number of fused-ring (bicyclic) bond motifs is 1. The Kier molecular flexibility index (Phi) is 7.79. The molecule has 36 heavy (non-hydrogen) atoms. The lowest BCUT2D eigenvalue weighted by Crippen LogP contribution is -2.14. The smallest absolute Gasteiger partial charge is 0.416 e. The van der Waals surface area contributed by atoms with E-state index in [0.717, 1.165) is 46.1 Å². The second-order valence-corrected chi connectivity index (χ2v) is 9.63. The molecule has 0 aliphatic carbocycles. The minimum Gasteiger partial charge on any atom is -0.465 e. The molecule has 0 bridgehead atoms. The van der Waals surface area contributed by atoms with Crippen molar-refractivity contribution in [3.05, 3.63) is 111 Å². The highest BCUT2D eigenvalue weighted by molar-refractivity contribution is 9.10. The number of carbonyl (C=O) groups is 1. The van der Waals surface area contributed by atoms with Gasteiger partial charge in [0.2, 0.25) is 0 Å². The number of pyridine rings is 1. The molecule has 0 N–H and O–H groups in total. The molecule has 0 aliphatic heterocycles. The van der Waals surface area contributed by atoms with E-state index in [2.05, 4.69) is 40.0 Å². The largest absolute Gasteiger partial charge is 0.465 e. The summed E-state index contributed by atoms with van der Waals surface area (Å²) in [5.41, 5.74) is 3.11. The number of benzene rings is 3. The molecule has 2 atom stereocenters. The van der Waals surface area contributed by atoms with Crippen molar-refractivity contribution in [2.24, 2.45) is 0 Å². The number of esters is 1. The Balaban J connectivity index is 1.83. The fourth-order valence-corrected chi connectivity index (χ4v) is 4.90. The van der Waals surface area contributed by atoms with Crippen LogP contribution in [0.15, 0.2) is 83.5 Å². The molecule has 186 valence electrons. The van der Waals surface area contributed by atoms with Gasteiger partial charge in [-0.3, -0.25) is 4.98 Å². The van der Waals surface area contributed by atoms with Crippen LogP contribution in [0.1, 0.15) is 64.2 Å². The van der Waals surface area contributed by atoms with E-state index in [1.807, 2.05) is 30.3 Å². The molecule has 0 fully saturated rings. The third-order valence-corrected chi connectivity index (χ3v) is 6.91. The molecule has 0 aliphatic rings. The standard InChI is InChI=1S/C29H25BrF3NO2/c1-3-4-25(18-5-7-20(8-6-18)28(35)36-2)27(19-10-13-24(30)14-11-19)22-15-21-9-12-23(29(31,32)33)16-26(21)34-17-22/h5-17,25,27H,3-4H2,1-2H3/t25-,27?/m1/s1. The van der Waals surface area contributed by atoms with Gasteiger partial charge < -0.3 is 4.74 Å². The molecule has 3 aromatic carbocycles. The van der Waals surface area contributed by atoms with Crippen molar-refractivity contribution in [2.75, 3.05) is 7.11 Å². The lowest BCUT2D eigenvalue weighted by molar-refractivity contribution is -0.137. The van der Waals surface area contributed by atoms with Crippen molar-refractivity contribution in [1.82, 2.24) is 4.98 Å². The number of ether oxygens (including phenoxy) is 1. The lowest BCUT2D eigenvalue weighted by Gasteiger charge is -2.29. The monoisotopic (exact) mass is 555 g/mol. The highest BCUT2D eigenvalue weighted by Gasteiger charge is 2.31. The van der Waals surface area contributed by atoms with Crippen molar-refractivity contribution in [3.8, 4) is 0 Å². The summed E-state index contributed by atoms with van der Waals surface area (Å²) in [4.78, 5) is 16.4. The summed E-state index contributed by atoms with van der Waals surface area (Å²) in [6, 6.07) is 21.1. The Morgan fingerprint density at radius 2 is 1.61 bits per heavy atom. The molecule has 0 saturated carbocycles. The summed E-state index contributed by atoms with van der Waals surface area (Å²) in [6.45, 7) is 2.12. The van der Waals surface area contributed by atoms with Gasteiger partial charge in [0.25, 0.3) is 0 Å². The Hall–Kier alpha value is -3.19. The quantitative estimate of drug-likeness (QED) is 0.214. The minimum absolute atomic E-state index is 0.0524. The van der Waals surface area contributed by atoms with Gasteiger partial charge in [0, 0.05) is 22.0 Å². The number of alkyl halides is 3. The molecule has 0 spiro atoms. The van der Waals surface area contributed by atoms with Crippen molar-refractivity contribution >= 4 is 32.8 Å². The van der Waals surface area contributed by atoms with Gasteiger partial charge >= 0.3 is 12.1 Å². The summed E-state index contributed by atoms with van der Waals surface area (Å²) < 4.78 is 45.4. The van der Waals surface area contributed by atoms with E-state index < -0.39 is 17.7 Å². The average Bonchev–Trinajstić information content (AvgIpc) is 2.88. The second kappa shape index (κ2) is 10.8. The van der Waals surface area contributed by atoms with Crippen LogP contribution in [0.4, 0.5) is 13.2 Å². The lowest BCUT2D eigenvalue weighted by atomic mass is 9.75. The van der Waals surface area contributed by atoms with Crippen LogP contribution in [0.2, 0.25) is 0 Å². The molecule has 4 rings (SSSR count). The third kappa shape index (κ3) is 5.62. The predicted molar refractivity (Wildman–Crippen MR) is 138 cm³/mol. The number of halogens is 4. The molecule has 0 radical (unpaired) electrons. The maximum atomic E-state index is 13.2. The number of carbonyl (C=O) groups excluding carboxylic acids is 1. The van der Waals surface area contributed by atoms with Gasteiger partial charge in [0.15, 0.2) is 0 Å². The van der Waals surface area contributed by atoms with E-state index in [1.165, 1.54) is 13.2 Å². The molecule has 1 aromatic heterocycles. The average molecular weight is 556 g/mol. The molecular formula is C29H25BrF3NO2. The molecule has 4 aromatic rings. The first-order chi connectivity index (χ1) is 17.2. The number of nitrogens with zero attached hydrogens (tertiary/aromatic N) is 1. The molecule has 1 heterocycles. The van der Waals surface area contributed by atoms with Crippen molar-refractivity contribution in [2.45, 2.75) is 37.8 Å². The van der Waals surface area contributed by atoms with E-state index in [9.17, 15) is 18.0 Å². The van der Waals surface area contributed by atoms with Gasteiger partial charge in [-0.2, -0.15) is 13.2 Å². The van der Waals surface area contributed by atoms with Gasteiger partial charge in [0.05, 0.1) is 23.8 Å². The van der Waals surface area contributed by atoms with Crippen LogP contribution < -0.4 is 0 Å². The van der Waals surface area contributed by atoms with E-state index in [4.69, 9.17) is 4.74 Å². The van der Waals surface area contributed by atoms with Crippen molar-refractivity contribution in [3.63, 3.8) is 0 Å². The van der Waals surface area contributed by atoms with Gasteiger partial charge in [-0.15, -0.1) is 0 Å². The summed E-state index contributed by atoms with van der Waals surface area (Å²) >= 11 is 3.50. The molecule has 1 unspecified atom stereocenters. The van der Waals surface area contributed by atoms with Gasteiger partial charge in [-0.25, -0.2) is 4.79 Å². The maximum Gasteiger partial charge on any atom is 0.416 e. The summed E-state index contributed by atoms with van der Waals surface area (Å²) in [7, 11) is 1.35. The number of hydrogen-bond donors (Lipinski definition) is 0. The van der Waals surface area contributed by atoms with Crippen LogP contribution >= 0.6 is 15.9 Å². The minimum atomic E-state index is -4.42. The highest BCUT2D eigenvalue weighted by Crippen LogP contribution is 2.42. The van der Waals surface area contributed by atoms with E-state index in [0.29, 0.717) is 16.5 Å². The SMILES string of the molecule is CCC[C@H](c1ccc(C(=O)OC)cc1)C(c1ccc(Br)cc1)c1cnc2cc(C(F)(F)F)ccc2c1. The first-order valence-electron chi connectivity index (χ1n) is 11.6. The zero-order valence-corrected chi connectivity index (χ0v) is 21.4. The number of methoxy groups -OCH3 is 1. The van der Waals surface area contributed by atoms with Crippen LogP contribution in [0, 0.1) is 0 Å². The van der Waals surface area contributed by atoms with Crippen molar-refractivity contribution in [1.29, 1.82) is 0 Å². The molecule has 0 amide bonds. The van der Waals surface area contributed by atoms with Crippen LogP contribution in [0.3, 0.4) is 0 Å². The zero-order chi connectivity index (χ0) is 25.9. The van der Waals surface area contributed by atoms with Crippen LogP contribution in [-0.4, -0.2) is 18.1 Å². The normalized spacial score (nSPS) is 13.4. The topological polar surface area (TPSA) is 39.2 Å². The Bertz CT molecular complexity index is 1350. The van der Waals surface area contributed by atoms with Crippen molar-refractivity contribution < 1.29 is 22.7 Å². The van der Waals surface area contributed by atoms with Gasteiger partial charge in [0.1, 0.15) is 0 Å². The molecule has 7 heteroatoms. The highest BCUT2D eigenvalue weighted by atomic mass is 79.9. The number of hydrogen-bond acceptors (Lipinski definition) is 3. The van der Waals surface area contributed by atoms with E-state index >= 15 is 0 Å². The zero-order valence-electron chi connectivity index (χ0n) is 19.9. The van der Waals surface area contributed by atoms with Crippen LogP contribution in [0.5, 0.6) is 0 Å². The number of aromatic nitrogens is 1. The van der Waals surface area contributed by atoms with Crippen LogP contribution in [-0.2, 0) is 10.9 Å². The predicted octanol–water partition coefficient (Wildman–Crippen LogP) is 8.52.